The van der Waals surface area contributed by atoms with Gasteiger partial charge in [-0.25, -0.2) is 9.97 Å². The SMILES string of the molecule is CN(C)c1nccc(CNC(=O)C2CC(=O)N(c3ccc(Cl)cc3)C2)n1. The summed E-state index contributed by atoms with van der Waals surface area (Å²) in [5.74, 6) is -0.0146. The van der Waals surface area contributed by atoms with Gasteiger partial charge in [-0.15, -0.1) is 0 Å². The lowest BCUT2D eigenvalue weighted by Gasteiger charge is -2.17. The first-order chi connectivity index (χ1) is 12.4. The molecule has 2 aromatic rings. The zero-order valence-electron chi connectivity index (χ0n) is 14.6. The van der Waals surface area contributed by atoms with E-state index in [9.17, 15) is 9.59 Å². The standard InChI is InChI=1S/C18H20ClN5O2/c1-23(2)18-20-8-7-14(22-18)10-21-17(26)12-9-16(25)24(11-12)15-5-3-13(19)4-6-15/h3-8,12H,9-11H2,1-2H3,(H,21,26). The van der Waals surface area contributed by atoms with E-state index in [0.29, 0.717) is 24.1 Å². The molecule has 0 radical (unpaired) electrons. The Bertz CT molecular complexity index is 809. The van der Waals surface area contributed by atoms with Crippen LogP contribution in [0.4, 0.5) is 11.6 Å². The number of aromatic nitrogens is 2. The average Bonchev–Trinajstić information content (AvgIpc) is 3.02. The van der Waals surface area contributed by atoms with Crippen LogP contribution in [-0.4, -0.2) is 42.4 Å². The summed E-state index contributed by atoms with van der Waals surface area (Å²) in [5.41, 5.74) is 1.47. The van der Waals surface area contributed by atoms with Gasteiger partial charge in [0.2, 0.25) is 17.8 Å². The molecule has 1 N–H and O–H groups in total. The summed E-state index contributed by atoms with van der Waals surface area (Å²) in [4.78, 5) is 36.6. The van der Waals surface area contributed by atoms with Gasteiger partial charge in [0.25, 0.3) is 0 Å². The molecule has 1 atom stereocenters. The number of anilines is 2. The highest BCUT2D eigenvalue weighted by atomic mass is 35.5. The predicted octanol–water partition coefficient (Wildman–Crippen LogP) is 1.87. The highest BCUT2D eigenvalue weighted by Gasteiger charge is 2.35. The molecule has 8 heteroatoms. The summed E-state index contributed by atoms with van der Waals surface area (Å²) < 4.78 is 0. The van der Waals surface area contributed by atoms with Crippen molar-refractivity contribution in [1.82, 2.24) is 15.3 Å². The number of rotatable bonds is 5. The molecule has 1 unspecified atom stereocenters. The molecule has 26 heavy (non-hydrogen) atoms. The molecular weight excluding hydrogens is 354 g/mol. The molecule has 0 saturated carbocycles. The zero-order valence-corrected chi connectivity index (χ0v) is 15.4. The van der Waals surface area contributed by atoms with Gasteiger partial charge in [0, 0.05) is 44.0 Å². The lowest BCUT2D eigenvalue weighted by atomic mass is 10.1. The molecule has 2 amide bonds. The van der Waals surface area contributed by atoms with Crippen LogP contribution in [0.1, 0.15) is 12.1 Å². The van der Waals surface area contributed by atoms with Gasteiger partial charge in [-0.3, -0.25) is 9.59 Å². The highest BCUT2D eigenvalue weighted by Crippen LogP contribution is 2.26. The summed E-state index contributed by atoms with van der Waals surface area (Å²) in [7, 11) is 3.71. The minimum atomic E-state index is -0.381. The molecule has 1 fully saturated rings. The van der Waals surface area contributed by atoms with Gasteiger partial charge in [-0.2, -0.15) is 0 Å². The summed E-state index contributed by atoms with van der Waals surface area (Å²) in [6.45, 7) is 0.660. The van der Waals surface area contributed by atoms with Gasteiger partial charge in [0.1, 0.15) is 0 Å². The first-order valence-electron chi connectivity index (χ1n) is 8.27. The monoisotopic (exact) mass is 373 g/mol. The fourth-order valence-corrected chi connectivity index (χ4v) is 2.90. The molecule has 0 spiro atoms. The van der Waals surface area contributed by atoms with E-state index < -0.39 is 0 Å². The molecule has 1 aliphatic heterocycles. The quantitative estimate of drug-likeness (QED) is 0.865. The van der Waals surface area contributed by atoms with Crippen molar-refractivity contribution in [3.8, 4) is 0 Å². The molecule has 1 aliphatic rings. The number of nitrogens with zero attached hydrogens (tertiary/aromatic N) is 4. The van der Waals surface area contributed by atoms with Crippen LogP contribution in [0.3, 0.4) is 0 Å². The Morgan fingerprint density at radius 2 is 2.04 bits per heavy atom. The van der Waals surface area contributed by atoms with Crippen LogP contribution in [0.15, 0.2) is 36.5 Å². The smallest absolute Gasteiger partial charge is 0.227 e. The van der Waals surface area contributed by atoms with Crippen LogP contribution in [0.25, 0.3) is 0 Å². The Kier molecular flexibility index (Phi) is 5.37. The van der Waals surface area contributed by atoms with Gasteiger partial charge in [-0.05, 0) is 30.3 Å². The number of amides is 2. The topological polar surface area (TPSA) is 78.4 Å². The number of hydrogen-bond acceptors (Lipinski definition) is 5. The minimum Gasteiger partial charge on any atom is -0.350 e. The molecule has 2 heterocycles. The minimum absolute atomic E-state index is 0.0654. The molecule has 7 nitrogen and oxygen atoms in total. The van der Waals surface area contributed by atoms with E-state index >= 15 is 0 Å². The van der Waals surface area contributed by atoms with Crippen molar-refractivity contribution in [3.63, 3.8) is 0 Å². The van der Waals surface area contributed by atoms with Crippen molar-refractivity contribution >= 4 is 35.1 Å². The third kappa shape index (κ3) is 4.11. The van der Waals surface area contributed by atoms with Crippen LogP contribution in [0.5, 0.6) is 0 Å². The van der Waals surface area contributed by atoms with E-state index in [4.69, 9.17) is 11.6 Å². The second-order valence-corrected chi connectivity index (χ2v) is 6.78. The lowest BCUT2D eigenvalue weighted by molar-refractivity contribution is -0.126. The zero-order chi connectivity index (χ0) is 18.7. The molecule has 1 aromatic carbocycles. The highest BCUT2D eigenvalue weighted by molar-refractivity contribution is 6.30. The molecule has 0 bridgehead atoms. The van der Waals surface area contributed by atoms with Crippen LogP contribution >= 0.6 is 11.6 Å². The maximum Gasteiger partial charge on any atom is 0.227 e. The van der Waals surface area contributed by atoms with E-state index in [1.807, 2.05) is 14.1 Å². The van der Waals surface area contributed by atoms with Crippen molar-refractivity contribution < 1.29 is 9.59 Å². The van der Waals surface area contributed by atoms with Crippen molar-refractivity contribution in [1.29, 1.82) is 0 Å². The first kappa shape index (κ1) is 18.1. The van der Waals surface area contributed by atoms with Gasteiger partial charge in [0.15, 0.2) is 0 Å². The van der Waals surface area contributed by atoms with Crippen molar-refractivity contribution in [2.75, 3.05) is 30.4 Å². The number of carbonyl (C=O) groups is 2. The Morgan fingerprint density at radius 3 is 2.73 bits per heavy atom. The third-order valence-electron chi connectivity index (χ3n) is 4.18. The van der Waals surface area contributed by atoms with Crippen molar-refractivity contribution in [3.05, 3.63) is 47.2 Å². The maximum atomic E-state index is 12.4. The summed E-state index contributed by atoms with van der Waals surface area (Å²) >= 11 is 5.88. The normalized spacial score (nSPS) is 16.7. The Labute approximate surface area is 157 Å². The van der Waals surface area contributed by atoms with Crippen molar-refractivity contribution in [2.24, 2.45) is 5.92 Å². The lowest BCUT2D eigenvalue weighted by Crippen LogP contribution is -2.33. The number of halogens is 1. The molecule has 1 aromatic heterocycles. The molecule has 1 saturated heterocycles. The van der Waals surface area contributed by atoms with Gasteiger partial charge < -0.3 is 15.1 Å². The van der Waals surface area contributed by atoms with Crippen LogP contribution in [-0.2, 0) is 16.1 Å². The number of benzene rings is 1. The van der Waals surface area contributed by atoms with Crippen LogP contribution in [0.2, 0.25) is 5.02 Å². The molecular formula is C18H20ClN5O2. The first-order valence-corrected chi connectivity index (χ1v) is 8.64. The maximum absolute atomic E-state index is 12.4. The number of carbonyl (C=O) groups excluding carboxylic acids is 2. The van der Waals surface area contributed by atoms with Crippen LogP contribution in [0, 0.1) is 5.92 Å². The number of nitrogens with one attached hydrogen (secondary N) is 1. The fraction of sp³-hybridized carbons (Fsp3) is 0.333. The van der Waals surface area contributed by atoms with E-state index in [0.717, 1.165) is 11.4 Å². The molecule has 136 valence electrons. The summed E-state index contributed by atoms with van der Waals surface area (Å²) in [5, 5.41) is 3.47. The summed E-state index contributed by atoms with van der Waals surface area (Å²) in [6.07, 6.45) is 1.85. The van der Waals surface area contributed by atoms with Gasteiger partial charge >= 0.3 is 0 Å². The van der Waals surface area contributed by atoms with E-state index in [1.165, 1.54) is 0 Å². The fourth-order valence-electron chi connectivity index (χ4n) is 2.77. The third-order valence-corrected chi connectivity index (χ3v) is 4.43. The molecule has 3 rings (SSSR count). The second kappa shape index (κ2) is 7.70. The van der Waals surface area contributed by atoms with Gasteiger partial charge in [-0.1, -0.05) is 11.6 Å². The van der Waals surface area contributed by atoms with Crippen LogP contribution < -0.4 is 15.1 Å². The molecule has 0 aliphatic carbocycles. The van der Waals surface area contributed by atoms with Gasteiger partial charge in [0.05, 0.1) is 18.2 Å². The second-order valence-electron chi connectivity index (χ2n) is 6.34. The van der Waals surface area contributed by atoms with Crippen molar-refractivity contribution in [2.45, 2.75) is 13.0 Å². The average molecular weight is 374 g/mol. The van der Waals surface area contributed by atoms with E-state index in [-0.39, 0.29) is 24.2 Å². The van der Waals surface area contributed by atoms with E-state index in [2.05, 4.69) is 15.3 Å². The predicted molar refractivity (Wildman–Crippen MR) is 100 cm³/mol. The Hall–Kier alpha value is -2.67. The van der Waals surface area contributed by atoms with E-state index in [1.54, 1.807) is 46.3 Å². The Morgan fingerprint density at radius 1 is 1.31 bits per heavy atom. The summed E-state index contributed by atoms with van der Waals surface area (Å²) in [6, 6.07) is 8.78. The largest absolute Gasteiger partial charge is 0.350 e. The Balaban J connectivity index is 1.60. The number of hydrogen-bond donors (Lipinski definition) is 1.